The van der Waals surface area contributed by atoms with E-state index in [0.29, 0.717) is 0 Å². The molecule has 1 unspecified atom stereocenters. The number of ether oxygens (including phenoxy) is 2. The summed E-state index contributed by atoms with van der Waals surface area (Å²) in [5.41, 5.74) is 5.63. The van der Waals surface area contributed by atoms with Crippen molar-refractivity contribution in [1.29, 1.82) is 0 Å². The Morgan fingerprint density at radius 1 is 0.811 bits per heavy atom. The van der Waals surface area contributed by atoms with E-state index >= 15 is 0 Å². The van der Waals surface area contributed by atoms with Crippen molar-refractivity contribution >= 4 is 0 Å². The van der Waals surface area contributed by atoms with Crippen molar-refractivity contribution < 1.29 is 14.6 Å². The van der Waals surface area contributed by atoms with Crippen LogP contribution < -0.4 is 4.74 Å². The highest BCUT2D eigenvalue weighted by atomic mass is 16.7. The Kier molecular flexibility index (Phi) is 13.2. The summed E-state index contributed by atoms with van der Waals surface area (Å²) in [5.74, 6) is 13.8. The first-order chi connectivity index (χ1) is 18.2. The van der Waals surface area contributed by atoms with Gasteiger partial charge >= 0.3 is 0 Å². The fourth-order valence-corrected chi connectivity index (χ4v) is 4.67. The zero-order chi connectivity index (χ0) is 26.1. The molecule has 37 heavy (non-hydrogen) atoms. The molecule has 0 aliphatic carbocycles. The summed E-state index contributed by atoms with van der Waals surface area (Å²) in [4.78, 5) is 0. The molecule has 1 heterocycles. The van der Waals surface area contributed by atoms with Crippen LogP contribution >= 0.6 is 0 Å². The second-order valence-corrected chi connectivity index (χ2v) is 9.94. The van der Waals surface area contributed by atoms with Crippen molar-refractivity contribution in [1.82, 2.24) is 0 Å². The Balaban J connectivity index is 1.82. The number of unbranched alkanes of at least 4 members (excludes halogenated alkanes) is 6. The number of rotatable bonds is 12. The maximum absolute atomic E-state index is 9.30. The molecule has 2 aromatic rings. The summed E-state index contributed by atoms with van der Waals surface area (Å²) < 4.78 is 11.7. The Bertz CT molecular complexity index is 1060. The Labute approximate surface area is 225 Å². The van der Waals surface area contributed by atoms with Crippen molar-refractivity contribution in [3.05, 3.63) is 64.2 Å². The third-order valence-corrected chi connectivity index (χ3v) is 6.83. The lowest BCUT2D eigenvalue weighted by atomic mass is 9.92. The van der Waals surface area contributed by atoms with E-state index in [2.05, 4.69) is 49.7 Å². The van der Waals surface area contributed by atoms with E-state index in [0.717, 1.165) is 74.0 Å². The van der Waals surface area contributed by atoms with Crippen molar-refractivity contribution in [2.75, 3.05) is 13.2 Å². The first-order valence-corrected chi connectivity index (χ1v) is 14.4. The maximum Gasteiger partial charge on any atom is 0.199 e. The highest BCUT2D eigenvalue weighted by molar-refractivity contribution is 5.54. The molecule has 1 atom stereocenters. The quantitative estimate of drug-likeness (QED) is 0.241. The van der Waals surface area contributed by atoms with Crippen LogP contribution in [0.25, 0.3) is 0 Å². The third kappa shape index (κ3) is 10.3. The van der Waals surface area contributed by atoms with Crippen LogP contribution in [0.5, 0.6) is 5.75 Å². The van der Waals surface area contributed by atoms with E-state index in [1.165, 1.54) is 49.7 Å². The van der Waals surface area contributed by atoms with Gasteiger partial charge in [0.05, 0.1) is 6.61 Å². The number of aryl methyl sites for hydroxylation is 2. The minimum atomic E-state index is -0.135. The standard InChI is InChI=1S/C34H44O3/c1-3-5-7-9-14-29-27-32(30(15-10-8-6-4-2)26-31(29)16-13-24-35)21-18-28-19-22-33(23-20-28)37-34-17-11-12-25-36-34/h19-20,22-23,26-27,34-35H,3-12,14-15,17,24-25H2,1-2H3. The van der Waals surface area contributed by atoms with Gasteiger partial charge in [-0.05, 0) is 86.1 Å². The molecule has 198 valence electrons. The molecule has 0 bridgehead atoms. The molecule has 1 N–H and O–H groups in total. The average molecular weight is 501 g/mol. The van der Waals surface area contributed by atoms with Gasteiger partial charge in [-0.1, -0.05) is 76.1 Å². The molecule has 0 aromatic heterocycles. The molecule has 3 nitrogen and oxygen atoms in total. The molecular weight excluding hydrogens is 456 g/mol. The monoisotopic (exact) mass is 500 g/mol. The van der Waals surface area contributed by atoms with Gasteiger partial charge < -0.3 is 14.6 Å². The predicted octanol–water partition coefficient (Wildman–Crippen LogP) is 7.58. The first kappa shape index (κ1) is 28.8. The highest BCUT2D eigenvalue weighted by Gasteiger charge is 2.15. The zero-order valence-electron chi connectivity index (χ0n) is 22.9. The maximum atomic E-state index is 9.30. The molecule has 0 amide bonds. The van der Waals surface area contributed by atoms with Gasteiger partial charge in [-0.2, -0.15) is 0 Å². The van der Waals surface area contributed by atoms with Crippen molar-refractivity contribution in [3.63, 3.8) is 0 Å². The first-order valence-electron chi connectivity index (χ1n) is 14.4. The lowest BCUT2D eigenvalue weighted by molar-refractivity contribution is -0.105. The topological polar surface area (TPSA) is 38.7 Å². The molecular formula is C34H44O3. The second-order valence-electron chi connectivity index (χ2n) is 9.94. The van der Waals surface area contributed by atoms with E-state index in [-0.39, 0.29) is 12.9 Å². The third-order valence-electron chi connectivity index (χ3n) is 6.83. The number of hydrogen-bond acceptors (Lipinski definition) is 3. The van der Waals surface area contributed by atoms with Crippen LogP contribution in [0.2, 0.25) is 0 Å². The number of hydrogen-bond donors (Lipinski definition) is 1. The summed E-state index contributed by atoms with van der Waals surface area (Å²) in [5, 5.41) is 9.30. The zero-order valence-corrected chi connectivity index (χ0v) is 22.9. The molecule has 1 saturated heterocycles. The Morgan fingerprint density at radius 2 is 1.46 bits per heavy atom. The summed E-state index contributed by atoms with van der Waals surface area (Å²) in [7, 11) is 0. The van der Waals surface area contributed by atoms with Gasteiger partial charge in [0.15, 0.2) is 6.29 Å². The smallest absolute Gasteiger partial charge is 0.199 e. The van der Waals surface area contributed by atoms with Crippen molar-refractivity contribution in [2.45, 2.75) is 104 Å². The minimum Gasteiger partial charge on any atom is -0.465 e. The highest BCUT2D eigenvalue weighted by Crippen LogP contribution is 2.22. The second kappa shape index (κ2) is 16.9. The van der Waals surface area contributed by atoms with Crippen molar-refractivity contribution in [2.24, 2.45) is 0 Å². The fourth-order valence-electron chi connectivity index (χ4n) is 4.67. The van der Waals surface area contributed by atoms with Gasteiger partial charge in [0.2, 0.25) is 0 Å². The lowest BCUT2D eigenvalue weighted by Crippen LogP contribution is -2.24. The Morgan fingerprint density at radius 3 is 2.03 bits per heavy atom. The normalized spacial score (nSPS) is 14.8. The van der Waals surface area contributed by atoms with Crippen LogP contribution in [0.15, 0.2) is 36.4 Å². The SMILES string of the molecule is CCCCCCc1cc(C#Cc2ccc(OC3CCCCO3)cc2)c(CCCCCC)cc1C#CCO. The van der Waals surface area contributed by atoms with E-state index in [1.807, 2.05) is 24.3 Å². The number of aliphatic hydroxyl groups excluding tert-OH is 1. The largest absolute Gasteiger partial charge is 0.465 e. The fraction of sp³-hybridized carbons (Fsp3) is 0.529. The van der Waals surface area contributed by atoms with Gasteiger partial charge in [0.25, 0.3) is 0 Å². The van der Waals surface area contributed by atoms with E-state index in [1.54, 1.807) is 0 Å². The van der Waals surface area contributed by atoms with Gasteiger partial charge in [-0.25, -0.2) is 0 Å². The van der Waals surface area contributed by atoms with Crippen LogP contribution in [0.3, 0.4) is 0 Å². The molecule has 3 rings (SSSR count). The van der Waals surface area contributed by atoms with Gasteiger partial charge in [0, 0.05) is 23.1 Å². The minimum absolute atomic E-state index is 0.116. The van der Waals surface area contributed by atoms with Crippen molar-refractivity contribution in [3.8, 4) is 29.4 Å². The van der Waals surface area contributed by atoms with Gasteiger partial charge in [0.1, 0.15) is 12.4 Å². The molecule has 0 radical (unpaired) electrons. The summed E-state index contributed by atoms with van der Waals surface area (Å²) in [6, 6.07) is 12.5. The summed E-state index contributed by atoms with van der Waals surface area (Å²) >= 11 is 0. The van der Waals surface area contributed by atoms with E-state index in [9.17, 15) is 5.11 Å². The van der Waals surface area contributed by atoms with E-state index < -0.39 is 0 Å². The Hall–Kier alpha value is -2.72. The van der Waals surface area contributed by atoms with Gasteiger partial charge in [-0.3, -0.25) is 0 Å². The van der Waals surface area contributed by atoms with Crippen LogP contribution in [0.4, 0.5) is 0 Å². The molecule has 0 spiro atoms. The van der Waals surface area contributed by atoms with Gasteiger partial charge in [-0.15, -0.1) is 0 Å². The average Bonchev–Trinajstić information content (AvgIpc) is 2.93. The van der Waals surface area contributed by atoms with Crippen LogP contribution in [0, 0.1) is 23.7 Å². The molecule has 1 fully saturated rings. The molecule has 1 aliphatic rings. The number of aliphatic hydroxyl groups is 1. The molecule has 0 saturated carbocycles. The lowest BCUT2D eigenvalue weighted by Gasteiger charge is -2.23. The molecule has 3 heteroatoms. The molecule has 1 aliphatic heterocycles. The van der Waals surface area contributed by atoms with Crippen LogP contribution in [-0.2, 0) is 17.6 Å². The number of benzene rings is 2. The molecule has 2 aromatic carbocycles. The van der Waals surface area contributed by atoms with Crippen LogP contribution in [-0.4, -0.2) is 24.6 Å². The van der Waals surface area contributed by atoms with Crippen LogP contribution in [0.1, 0.15) is 112 Å². The predicted molar refractivity (Wildman–Crippen MR) is 153 cm³/mol. The summed E-state index contributed by atoms with van der Waals surface area (Å²) in [6.45, 7) is 5.14. The van der Waals surface area contributed by atoms with E-state index in [4.69, 9.17) is 9.47 Å². The summed E-state index contributed by atoms with van der Waals surface area (Å²) in [6.07, 6.45) is 14.8.